The van der Waals surface area contributed by atoms with Crippen LogP contribution >= 0.6 is 0 Å². The topological polar surface area (TPSA) is 584 Å². The number of carboxylic acids is 1. The number of hydrogen-bond acceptors (Lipinski definition) is 35. The average Bonchev–Trinajstić information content (AvgIpc) is 0.773. The second-order valence-corrected chi connectivity index (χ2v) is 29.3. The van der Waals surface area contributed by atoms with Gasteiger partial charge in [0.25, 0.3) is 0 Å². The molecule has 7 amide bonds. The van der Waals surface area contributed by atoms with Gasteiger partial charge in [0.2, 0.25) is 41.4 Å². The summed E-state index contributed by atoms with van der Waals surface area (Å²) in [4.78, 5) is 254. The van der Waals surface area contributed by atoms with Crippen LogP contribution in [0.5, 0.6) is 0 Å². The molecular formula is C78H119N7O36. The lowest BCUT2D eigenvalue weighted by molar-refractivity contribution is -0.224. The van der Waals surface area contributed by atoms with Crippen LogP contribution in [0.3, 0.4) is 0 Å². The highest BCUT2D eigenvalue weighted by Crippen LogP contribution is 2.39. The van der Waals surface area contributed by atoms with Crippen LogP contribution in [-0.2, 0) is 167 Å². The minimum absolute atomic E-state index is 0.0436. The molecule has 8 N–H and O–H groups in total. The van der Waals surface area contributed by atoms with Crippen molar-refractivity contribution in [1.82, 2.24) is 37.2 Å². The van der Waals surface area contributed by atoms with E-state index in [1.807, 2.05) is 0 Å². The number of carbonyl (C=O) groups is 20. The summed E-state index contributed by atoms with van der Waals surface area (Å²) < 4.78 is 85.0. The number of aliphatic carboxylic acids is 1. The third-order valence-electron chi connectivity index (χ3n) is 18.9. The van der Waals surface area contributed by atoms with Crippen molar-refractivity contribution in [1.29, 1.82) is 0 Å². The van der Waals surface area contributed by atoms with E-state index in [4.69, 9.17) is 71.1 Å². The second-order valence-electron chi connectivity index (χ2n) is 29.3. The first kappa shape index (κ1) is 104. The van der Waals surface area contributed by atoms with Gasteiger partial charge in [-0.1, -0.05) is 0 Å². The number of amides is 7. The van der Waals surface area contributed by atoms with E-state index >= 15 is 0 Å². The van der Waals surface area contributed by atoms with Crippen LogP contribution in [0.1, 0.15) is 200 Å². The fourth-order valence-electron chi connectivity index (χ4n) is 14.3. The predicted octanol–water partition coefficient (Wildman–Crippen LogP) is -0.242. The molecule has 43 heteroatoms. The van der Waals surface area contributed by atoms with Gasteiger partial charge in [0.15, 0.2) is 36.6 Å². The summed E-state index contributed by atoms with van der Waals surface area (Å²) in [5.74, 6) is -19.3. The number of carbonyl (C=O) groups excluding carboxylic acids is 19. The third-order valence-corrected chi connectivity index (χ3v) is 18.9. The smallest absolute Gasteiger partial charge is 0.326 e. The molecule has 0 spiro atoms. The highest BCUT2D eigenvalue weighted by atomic mass is 16.6. The molecule has 43 nitrogen and oxygen atoms in total. The van der Waals surface area contributed by atoms with E-state index in [2.05, 4.69) is 37.2 Å². The van der Waals surface area contributed by atoms with Crippen molar-refractivity contribution in [3.8, 4) is 0 Å². The van der Waals surface area contributed by atoms with Gasteiger partial charge in [0, 0.05) is 156 Å². The summed E-state index contributed by atoms with van der Waals surface area (Å²) in [7, 11) is 0. The Morgan fingerprint density at radius 1 is 0.273 bits per heavy atom. The van der Waals surface area contributed by atoms with Crippen molar-refractivity contribution in [2.45, 2.75) is 304 Å². The molecule has 0 aromatic rings. The molecule has 3 aliphatic carbocycles. The van der Waals surface area contributed by atoms with Crippen LogP contribution < -0.4 is 37.2 Å². The molecule has 3 rings (SSSR count). The predicted molar refractivity (Wildman–Crippen MR) is 409 cm³/mol. The number of rotatable bonds is 50. The largest absolute Gasteiger partial charge is 0.480 e. The minimum Gasteiger partial charge on any atom is -0.480 e. The zero-order valence-electron chi connectivity index (χ0n) is 71.0. The molecule has 0 aromatic carbocycles. The lowest BCUT2D eigenvalue weighted by atomic mass is 9.76. The number of esters is 12. The summed E-state index contributed by atoms with van der Waals surface area (Å²) in [6.07, 6.45) is -15.8. The van der Waals surface area contributed by atoms with Crippen LogP contribution in [0.25, 0.3) is 0 Å². The first-order chi connectivity index (χ1) is 56.9. The van der Waals surface area contributed by atoms with Crippen molar-refractivity contribution >= 4 is 119 Å². The zero-order chi connectivity index (χ0) is 90.9. The van der Waals surface area contributed by atoms with Crippen molar-refractivity contribution in [2.24, 2.45) is 17.8 Å². The Kier molecular flexibility index (Phi) is 46.5. The third kappa shape index (κ3) is 38.7. The highest BCUT2D eigenvalue weighted by Gasteiger charge is 2.60. The van der Waals surface area contributed by atoms with Crippen molar-refractivity contribution in [3.05, 3.63) is 0 Å². The van der Waals surface area contributed by atoms with Crippen LogP contribution in [-0.4, -0.2) is 280 Å². The van der Waals surface area contributed by atoms with Gasteiger partial charge in [0.1, 0.15) is 68.5 Å². The van der Waals surface area contributed by atoms with Gasteiger partial charge in [-0.25, -0.2) is 4.79 Å². The molecule has 3 saturated carbocycles. The Bertz CT molecular complexity index is 3580. The number of hydrogen-bond donors (Lipinski definition) is 8. The Morgan fingerprint density at radius 3 is 0.769 bits per heavy atom. The zero-order valence-corrected chi connectivity index (χ0v) is 71.0. The molecule has 121 heavy (non-hydrogen) atoms. The van der Waals surface area contributed by atoms with Crippen molar-refractivity contribution < 1.29 is 172 Å². The fourth-order valence-corrected chi connectivity index (χ4v) is 14.3. The quantitative estimate of drug-likeness (QED) is 0.0221. The Hall–Kier alpha value is -10.7. The highest BCUT2D eigenvalue weighted by molar-refractivity contribution is 5.90. The van der Waals surface area contributed by atoms with Gasteiger partial charge >= 0.3 is 77.6 Å². The van der Waals surface area contributed by atoms with Crippen LogP contribution in [0.15, 0.2) is 0 Å². The molecule has 20 atom stereocenters. The van der Waals surface area contributed by atoms with Crippen LogP contribution in [0, 0.1) is 17.8 Å². The summed E-state index contributed by atoms with van der Waals surface area (Å²) in [5.41, 5.74) is 0. The molecule has 682 valence electrons. The molecule has 0 heterocycles. The maximum absolute atomic E-state index is 14.2. The summed E-state index contributed by atoms with van der Waals surface area (Å²) in [5, 5.41) is 28.9. The second kappa shape index (κ2) is 53.8. The maximum Gasteiger partial charge on any atom is 0.326 e. The minimum atomic E-state index is -1.51. The van der Waals surface area contributed by atoms with Crippen molar-refractivity contribution in [2.75, 3.05) is 52.7 Å². The van der Waals surface area contributed by atoms with Gasteiger partial charge in [0.05, 0.1) is 35.9 Å². The van der Waals surface area contributed by atoms with Gasteiger partial charge < -0.3 is 113 Å². The number of carboxylic acid groups (broad SMARTS) is 1. The standard InChI is InChI=1S/C78H119N7O36/c1-39(86)81-62-71(65(113-45(7)92)54(36-110-42(4)89)68(116-48(10)95)74(62)119-51(13)98)107-33-23-18-28-59(101)79-31-21-16-26-57(84-61(103)30-20-25-35-109-73-64(83-41(3)88)76(121-53(15)100)70(118-50(12)97)56(38-112-44(6)91)67(73)115-47(9)94)77(104)85-58(78(105)106)27-17-22-32-80-60(102)29-19-24-34-108-72-63(82-40(2)87)75(120-52(14)99)69(117-49(11)96)55(37-111-43(5)90)66(72)114-46(8)93/h54-58,62-76H,16-38H2,1-15H3,(H,79,101)(H,80,102)(H,81,86)(H,82,87)(H,83,88)(H,84,103)(H,85,104)(H,105,106). The number of nitrogens with one attached hydrogen (secondary N) is 7. The average molecular weight is 1730 g/mol. The number of unbranched alkanes of at least 4 members (excludes halogenated alkanes) is 5. The Morgan fingerprint density at radius 2 is 0.521 bits per heavy atom. The molecule has 0 bridgehead atoms. The van der Waals surface area contributed by atoms with Gasteiger partial charge in [-0.05, 0) is 77.0 Å². The molecule has 3 fully saturated rings. The van der Waals surface area contributed by atoms with E-state index in [1.54, 1.807) is 0 Å². The summed E-state index contributed by atoms with van der Waals surface area (Å²) in [6, 6.07) is -6.82. The van der Waals surface area contributed by atoms with E-state index in [0.717, 1.165) is 104 Å². The first-order valence-electron chi connectivity index (χ1n) is 39.9. The van der Waals surface area contributed by atoms with Gasteiger partial charge in [-0.2, -0.15) is 0 Å². The van der Waals surface area contributed by atoms with Gasteiger partial charge in [-0.15, -0.1) is 0 Å². The lowest BCUT2D eigenvalue weighted by Crippen LogP contribution is -2.69. The molecule has 0 saturated heterocycles. The van der Waals surface area contributed by atoms with Gasteiger partial charge in [-0.3, -0.25) is 91.1 Å². The first-order valence-corrected chi connectivity index (χ1v) is 39.9. The SMILES string of the molecule is CC(=O)NC1C(OCCCCC(=O)NCCCCC(NC(=O)C(CCCCNC(=O)CCCCOC2C(NC(C)=O)C(OC(C)=O)C(OC(C)=O)C(COC(C)=O)C2OC(C)=O)NC(=O)CCCCOC2C(NC(C)=O)C(OC(C)=O)C(OC(C)=O)C(COC(C)=O)C2OC(C)=O)C(=O)O)C(OC(C)=O)C(COC(C)=O)C(OC(C)=O)C1OC(C)=O. The van der Waals surface area contributed by atoms with E-state index in [1.165, 1.54) is 0 Å². The summed E-state index contributed by atoms with van der Waals surface area (Å²) in [6.45, 7) is 14.4. The summed E-state index contributed by atoms with van der Waals surface area (Å²) >= 11 is 0. The molecule has 0 radical (unpaired) electrons. The Balaban J connectivity index is 1.79. The number of ether oxygens (including phenoxy) is 15. The molecule has 20 unspecified atom stereocenters. The molecule has 3 aliphatic rings. The van der Waals surface area contributed by atoms with E-state index in [-0.39, 0.29) is 129 Å². The molecule has 0 aromatic heterocycles. The molecular weight excluding hydrogens is 1610 g/mol. The van der Waals surface area contributed by atoms with Crippen LogP contribution in [0.4, 0.5) is 0 Å². The van der Waals surface area contributed by atoms with E-state index < -0.39 is 260 Å². The van der Waals surface area contributed by atoms with E-state index in [9.17, 15) is 101 Å². The fraction of sp³-hybridized carbons (Fsp3) is 0.744. The Labute approximate surface area is 699 Å². The normalized spacial score (nSPS) is 24.5. The maximum atomic E-state index is 14.2. The van der Waals surface area contributed by atoms with Crippen molar-refractivity contribution in [3.63, 3.8) is 0 Å². The van der Waals surface area contributed by atoms with Crippen LogP contribution in [0.2, 0.25) is 0 Å². The molecule has 0 aliphatic heterocycles. The lowest BCUT2D eigenvalue weighted by Gasteiger charge is -2.48. The van der Waals surface area contributed by atoms with E-state index in [0.29, 0.717) is 0 Å². The monoisotopic (exact) mass is 1730 g/mol.